The number of aryl methyl sites for hydroxylation is 2. The zero-order valence-corrected chi connectivity index (χ0v) is 9.27. The molecule has 0 saturated heterocycles. The van der Waals surface area contributed by atoms with Gasteiger partial charge >= 0.3 is 0 Å². The molecule has 0 saturated carbocycles. The Balaban J connectivity index is 2.30. The fourth-order valence-electron chi connectivity index (χ4n) is 1.40. The highest BCUT2D eigenvalue weighted by molar-refractivity contribution is 5.36. The SMILES string of the molecule is Cc1cc(Oc2ccccc2C)nc(N)n1. The van der Waals surface area contributed by atoms with Gasteiger partial charge in [-0.3, -0.25) is 0 Å². The second-order valence-corrected chi connectivity index (χ2v) is 3.57. The molecule has 2 aromatic rings. The highest BCUT2D eigenvalue weighted by Gasteiger charge is 2.03. The molecular weight excluding hydrogens is 202 g/mol. The van der Waals surface area contributed by atoms with E-state index < -0.39 is 0 Å². The molecule has 4 nitrogen and oxygen atoms in total. The molecule has 0 spiro atoms. The number of ether oxygens (including phenoxy) is 1. The Bertz CT molecular complexity index is 491. The number of benzene rings is 1. The summed E-state index contributed by atoms with van der Waals surface area (Å²) < 4.78 is 5.64. The average Bonchev–Trinajstić information content (AvgIpc) is 2.20. The average molecular weight is 215 g/mol. The molecule has 1 aromatic carbocycles. The molecule has 0 atom stereocenters. The first-order valence-corrected chi connectivity index (χ1v) is 5.00. The van der Waals surface area contributed by atoms with Gasteiger partial charge in [-0.05, 0) is 25.5 Å². The summed E-state index contributed by atoms with van der Waals surface area (Å²) in [4.78, 5) is 8.00. The van der Waals surface area contributed by atoms with E-state index in [2.05, 4.69) is 9.97 Å². The minimum atomic E-state index is 0.226. The summed E-state index contributed by atoms with van der Waals surface area (Å²) in [6.45, 7) is 3.83. The maximum Gasteiger partial charge on any atom is 0.224 e. The van der Waals surface area contributed by atoms with Gasteiger partial charge in [0.25, 0.3) is 0 Å². The normalized spacial score (nSPS) is 10.1. The highest BCUT2D eigenvalue weighted by Crippen LogP contribution is 2.23. The molecule has 0 aliphatic heterocycles. The summed E-state index contributed by atoms with van der Waals surface area (Å²) in [6.07, 6.45) is 0. The molecule has 0 bridgehead atoms. The van der Waals surface area contributed by atoms with Crippen LogP contribution in [0.15, 0.2) is 30.3 Å². The lowest BCUT2D eigenvalue weighted by Gasteiger charge is -2.08. The minimum absolute atomic E-state index is 0.226. The van der Waals surface area contributed by atoms with Crippen LogP contribution in [0.5, 0.6) is 11.6 Å². The van der Waals surface area contributed by atoms with E-state index in [9.17, 15) is 0 Å². The van der Waals surface area contributed by atoms with E-state index in [1.54, 1.807) is 6.07 Å². The lowest BCUT2D eigenvalue weighted by atomic mass is 10.2. The van der Waals surface area contributed by atoms with Crippen LogP contribution in [0, 0.1) is 13.8 Å². The van der Waals surface area contributed by atoms with Crippen molar-refractivity contribution in [3.05, 3.63) is 41.6 Å². The van der Waals surface area contributed by atoms with Gasteiger partial charge in [-0.25, -0.2) is 4.98 Å². The van der Waals surface area contributed by atoms with Crippen molar-refractivity contribution in [2.75, 3.05) is 5.73 Å². The smallest absolute Gasteiger partial charge is 0.224 e. The van der Waals surface area contributed by atoms with Gasteiger partial charge in [-0.15, -0.1) is 0 Å². The number of anilines is 1. The monoisotopic (exact) mass is 215 g/mol. The van der Waals surface area contributed by atoms with Crippen molar-refractivity contribution in [2.45, 2.75) is 13.8 Å². The van der Waals surface area contributed by atoms with E-state index in [1.165, 1.54) is 0 Å². The third-order valence-electron chi connectivity index (χ3n) is 2.16. The van der Waals surface area contributed by atoms with E-state index in [0.29, 0.717) is 5.88 Å². The standard InChI is InChI=1S/C12H13N3O/c1-8-5-3-4-6-10(8)16-11-7-9(2)14-12(13)15-11/h3-7H,1-2H3,(H2,13,14,15). The molecule has 0 radical (unpaired) electrons. The van der Waals surface area contributed by atoms with Crippen molar-refractivity contribution in [1.29, 1.82) is 0 Å². The maximum atomic E-state index is 5.64. The Kier molecular flexibility index (Phi) is 2.72. The number of para-hydroxylation sites is 1. The van der Waals surface area contributed by atoms with Crippen molar-refractivity contribution in [1.82, 2.24) is 9.97 Å². The molecule has 0 aliphatic rings. The lowest BCUT2D eigenvalue weighted by Crippen LogP contribution is -1.99. The second-order valence-electron chi connectivity index (χ2n) is 3.57. The largest absolute Gasteiger partial charge is 0.439 e. The third kappa shape index (κ3) is 2.28. The predicted octanol–water partition coefficient (Wildman–Crippen LogP) is 2.47. The Labute approximate surface area is 94.1 Å². The zero-order valence-electron chi connectivity index (χ0n) is 9.27. The molecule has 0 aliphatic carbocycles. The van der Waals surface area contributed by atoms with E-state index in [4.69, 9.17) is 10.5 Å². The third-order valence-corrected chi connectivity index (χ3v) is 2.16. The molecule has 0 amide bonds. The molecule has 4 heteroatoms. The molecule has 16 heavy (non-hydrogen) atoms. The van der Waals surface area contributed by atoms with Crippen LogP contribution in [0.1, 0.15) is 11.3 Å². The van der Waals surface area contributed by atoms with Crippen LogP contribution in [-0.4, -0.2) is 9.97 Å². The quantitative estimate of drug-likeness (QED) is 0.835. The number of nitrogen functional groups attached to an aromatic ring is 1. The first kappa shape index (κ1) is 10.4. The van der Waals surface area contributed by atoms with Crippen LogP contribution in [0.3, 0.4) is 0 Å². The summed E-state index contributed by atoms with van der Waals surface area (Å²) in [7, 11) is 0. The van der Waals surface area contributed by atoms with Crippen molar-refractivity contribution < 1.29 is 4.74 Å². The molecule has 1 heterocycles. The van der Waals surface area contributed by atoms with Crippen LogP contribution in [0.4, 0.5) is 5.95 Å². The molecular formula is C12H13N3O. The Morgan fingerprint density at radius 3 is 2.56 bits per heavy atom. The van der Waals surface area contributed by atoms with Crippen LogP contribution < -0.4 is 10.5 Å². The Morgan fingerprint density at radius 2 is 1.88 bits per heavy atom. The van der Waals surface area contributed by atoms with Gasteiger partial charge in [0.05, 0.1) is 0 Å². The highest BCUT2D eigenvalue weighted by atomic mass is 16.5. The number of nitrogens with zero attached hydrogens (tertiary/aromatic N) is 2. The molecule has 0 unspecified atom stereocenters. The van der Waals surface area contributed by atoms with Gasteiger partial charge in [-0.1, -0.05) is 18.2 Å². The topological polar surface area (TPSA) is 61.0 Å². The second kappa shape index (κ2) is 4.18. The molecule has 82 valence electrons. The number of aromatic nitrogens is 2. The van der Waals surface area contributed by atoms with Crippen molar-refractivity contribution in [2.24, 2.45) is 0 Å². The molecule has 0 fully saturated rings. The Hall–Kier alpha value is -2.10. The minimum Gasteiger partial charge on any atom is -0.439 e. The predicted molar refractivity (Wildman–Crippen MR) is 62.4 cm³/mol. The first-order chi connectivity index (χ1) is 7.65. The molecule has 2 N–H and O–H groups in total. The fourth-order valence-corrected chi connectivity index (χ4v) is 1.40. The number of hydrogen-bond acceptors (Lipinski definition) is 4. The van der Waals surface area contributed by atoms with Gasteiger partial charge in [-0.2, -0.15) is 4.98 Å². The van der Waals surface area contributed by atoms with E-state index in [1.807, 2.05) is 38.1 Å². The lowest BCUT2D eigenvalue weighted by molar-refractivity contribution is 0.458. The van der Waals surface area contributed by atoms with Crippen molar-refractivity contribution in [3.8, 4) is 11.6 Å². The maximum absolute atomic E-state index is 5.64. The van der Waals surface area contributed by atoms with Crippen molar-refractivity contribution in [3.63, 3.8) is 0 Å². The van der Waals surface area contributed by atoms with E-state index >= 15 is 0 Å². The van der Waals surface area contributed by atoms with Gasteiger partial charge in [0, 0.05) is 11.8 Å². The first-order valence-electron chi connectivity index (χ1n) is 5.00. The number of hydrogen-bond donors (Lipinski definition) is 1. The molecule has 2 rings (SSSR count). The van der Waals surface area contributed by atoms with Crippen LogP contribution in [0.2, 0.25) is 0 Å². The van der Waals surface area contributed by atoms with Crippen LogP contribution >= 0.6 is 0 Å². The van der Waals surface area contributed by atoms with Gasteiger partial charge < -0.3 is 10.5 Å². The molecule has 1 aromatic heterocycles. The van der Waals surface area contributed by atoms with Gasteiger partial charge in [0.1, 0.15) is 5.75 Å². The van der Waals surface area contributed by atoms with Gasteiger partial charge in [0.15, 0.2) is 0 Å². The van der Waals surface area contributed by atoms with E-state index in [-0.39, 0.29) is 5.95 Å². The number of nitrogens with two attached hydrogens (primary N) is 1. The van der Waals surface area contributed by atoms with E-state index in [0.717, 1.165) is 17.0 Å². The summed E-state index contributed by atoms with van der Waals surface area (Å²) in [6, 6.07) is 9.50. The Morgan fingerprint density at radius 1 is 1.12 bits per heavy atom. The van der Waals surface area contributed by atoms with Gasteiger partial charge in [0.2, 0.25) is 11.8 Å². The summed E-state index contributed by atoms with van der Waals surface area (Å²) in [5.41, 5.74) is 7.39. The summed E-state index contributed by atoms with van der Waals surface area (Å²) >= 11 is 0. The zero-order chi connectivity index (χ0) is 11.5. The van der Waals surface area contributed by atoms with Crippen LogP contribution in [0.25, 0.3) is 0 Å². The van der Waals surface area contributed by atoms with Crippen LogP contribution in [-0.2, 0) is 0 Å². The summed E-state index contributed by atoms with van der Waals surface area (Å²) in [5.74, 6) is 1.47. The fraction of sp³-hybridized carbons (Fsp3) is 0.167. The summed E-state index contributed by atoms with van der Waals surface area (Å²) in [5, 5.41) is 0. The van der Waals surface area contributed by atoms with Crippen molar-refractivity contribution >= 4 is 5.95 Å². The number of rotatable bonds is 2.